The first-order valence-corrected chi connectivity index (χ1v) is 6.16. The van der Waals surface area contributed by atoms with E-state index >= 15 is 0 Å². The number of benzene rings is 1. The number of hydrogen-bond acceptors (Lipinski definition) is 1. The SMILES string of the molecule is CC[C@H](C)NC(=O)N[C@H](C)c1ccc(C)cc1. The number of rotatable bonds is 4. The Bertz CT molecular complexity index is 359. The van der Waals surface area contributed by atoms with Gasteiger partial charge >= 0.3 is 6.03 Å². The summed E-state index contributed by atoms with van der Waals surface area (Å²) in [6, 6.07) is 8.33. The third-order valence-electron chi connectivity index (χ3n) is 2.91. The highest BCUT2D eigenvalue weighted by Gasteiger charge is 2.10. The van der Waals surface area contributed by atoms with Gasteiger partial charge in [0.25, 0.3) is 0 Å². The molecule has 0 aliphatic carbocycles. The Balaban J connectivity index is 2.51. The Hall–Kier alpha value is -1.51. The maximum atomic E-state index is 11.6. The summed E-state index contributed by atoms with van der Waals surface area (Å²) in [5, 5.41) is 5.82. The zero-order valence-electron chi connectivity index (χ0n) is 11.1. The van der Waals surface area contributed by atoms with Gasteiger partial charge in [-0.25, -0.2) is 4.79 Å². The Labute approximate surface area is 104 Å². The standard InChI is InChI=1S/C14H22N2O/c1-5-11(3)15-14(17)16-12(4)13-8-6-10(2)7-9-13/h6-9,11-12H,5H2,1-4H3,(H2,15,16,17)/t11-,12+/m0/s1. The number of carbonyl (C=O) groups is 1. The molecule has 2 atom stereocenters. The first-order valence-electron chi connectivity index (χ1n) is 6.16. The third-order valence-corrected chi connectivity index (χ3v) is 2.91. The van der Waals surface area contributed by atoms with Crippen LogP contribution in [0.3, 0.4) is 0 Å². The fourth-order valence-corrected chi connectivity index (χ4v) is 1.50. The third kappa shape index (κ3) is 4.47. The minimum Gasteiger partial charge on any atom is -0.336 e. The van der Waals surface area contributed by atoms with E-state index in [0.29, 0.717) is 0 Å². The molecule has 0 saturated heterocycles. The van der Waals surface area contributed by atoms with Gasteiger partial charge in [-0.15, -0.1) is 0 Å². The van der Waals surface area contributed by atoms with Gasteiger partial charge in [-0.3, -0.25) is 0 Å². The molecule has 0 saturated carbocycles. The van der Waals surface area contributed by atoms with Crippen LogP contribution in [0.15, 0.2) is 24.3 Å². The lowest BCUT2D eigenvalue weighted by molar-refractivity contribution is 0.234. The summed E-state index contributed by atoms with van der Waals surface area (Å²) in [4.78, 5) is 11.6. The lowest BCUT2D eigenvalue weighted by Gasteiger charge is -2.17. The summed E-state index contributed by atoms with van der Waals surface area (Å²) in [5.74, 6) is 0. The molecule has 1 rings (SSSR count). The molecular formula is C14H22N2O. The first-order chi connectivity index (χ1) is 8.02. The molecule has 0 heterocycles. The summed E-state index contributed by atoms with van der Waals surface area (Å²) in [6.45, 7) is 8.09. The first kappa shape index (κ1) is 13.6. The van der Waals surface area contributed by atoms with Crippen LogP contribution in [0.4, 0.5) is 4.79 Å². The second-order valence-electron chi connectivity index (χ2n) is 4.56. The quantitative estimate of drug-likeness (QED) is 0.825. The van der Waals surface area contributed by atoms with Crippen molar-refractivity contribution in [3.8, 4) is 0 Å². The largest absolute Gasteiger partial charge is 0.336 e. The topological polar surface area (TPSA) is 41.1 Å². The molecule has 2 amide bonds. The second kappa shape index (κ2) is 6.28. The van der Waals surface area contributed by atoms with Crippen LogP contribution in [-0.2, 0) is 0 Å². The van der Waals surface area contributed by atoms with Crippen LogP contribution in [-0.4, -0.2) is 12.1 Å². The molecular weight excluding hydrogens is 212 g/mol. The molecule has 0 aliphatic rings. The van der Waals surface area contributed by atoms with E-state index in [2.05, 4.69) is 29.7 Å². The predicted molar refractivity (Wildman–Crippen MR) is 71.0 cm³/mol. The molecule has 0 unspecified atom stereocenters. The van der Waals surface area contributed by atoms with E-state index in [0.717, 1.165) is 12.0 Å². The average molecular weight is 234 g/mol. The Kier molecular flexibility index (Phi) is 5.01. The summed E-state index contributed by atoms with van der Waals surface area (Å²) in [6.07, 6.45) is 0.937. The molecule has 3 heteroatoms. The maximum Gasteiger partial charge on any atom is 0.315 e. The van der Waals surface area contributed by atoms with Crippen molar-refractivity contribution in [2.75, 3.05) is 0 Å². The summed E-state index contributed by atoms with van der Waals surface area (Å²) >= 11 is 0. The van der Waals surface area contributed by atoms with Crippen molar-refractivity contribution in [3.05, 3.63) is 35.4 Å². The lowest BCUT2D eigenvalue weighted by atomic mass is 10.1. The number of urea groups is 1. The monoisotopic (exact) mass is 234 g/mol. The van der Waals surface area contributed by atoms with Gasteiger partial charge in [-0.1, -0.05) is 36.8 Å². The van der Waals surface area contributed by atoms with Gasteiger partial charge in [0, 0.05) is 6.04 Å². The average Bonchev–Trinajstić information content (AvgIpc) is 2.29. The molecule has 0 fully saturated rings. The number of hydrogen-bond donors (Lipinski definition) is 2. The smallest absolute Gasteiger partial charge is 0.315 e. The zero-order valence-corrected chi connectivity index (χ0v) is 11.1. The van der Waals surface area contributed by atoms with Crippen LogP contribution in [0, 0.1) is 6.92 Å². The van der Waals surface area contributed by atoms with E-state index in [4.69, 9.17) is 0 Å². The van der Waals surface area contributed by atoms with Crippen molar-refractivity contribution >= 4 is 6.03 Å². The Morgan fingerprint density at radius 2 is 1.76 bits per heavy atom. The Morgan fingerprint density at radius 3 is 2.29 bits per heavy atom. The fraction of sp³-hybridized carbons (Fsp3) is 0.500. The summed E-state index contributed by atoms with van der Waals surface area (Å²) in [5.41, 5.74) is 2.35. The maximum absolute atomic E-state index is 11.6. The molecule has 94 valence electrons. The van der Waals surface area contributed by atoms with E-state index in [9.17, 15) is 4.79 Å². The minimum atomic E-state index is -0.104. The van der Waals surface area contributed by atoms with Crippen LogP contribution in [0.5, 0.6) is 0 Å². The van der Waals surface area contributed by atoms with Crippen molar-refractivity contribution in [1.82, 2.24) is 10.6 Å². The van der Waals surface area contributed by atoms with E-state index in [1.54, 1.807) is 0 Å². The molecule has 0 radical (unpaired) electrons. The highest BCUT2D eigenvalue weighted by molar-refractivity contribution is 5.74. The van der Waals surface area contributed by atoms with Crippen molar-refractivity contribution in [2.24, 2.45) is 0 Å². The number of nitrogens with one attached hydrogen (secondary N) is 2. The molecule has 0 bridgehead atoms. The zero-order chi connectivity index (χ0) is 12.8. The van der Waals surface area contributed by atoms with E-state index in [1.807, 2.05) is 32.9 Å². The predicted octanol–water partition coefficient (Wildman–Crippen LogP) is 3.15. The van der Waals surface area contributed by atoms with Crippen LogP contribution < -0.4 is 10.6 Å². The molecule has 0 spiro atoms. The van der Waals surface area contributed by atoms with Gasteiger partial charge in [0.2, 0.25) is 0 Å². The van der Waals surface area contributed by atoms with Crippen molar-refractivity contribution in [3.63, 3.8) is 0 Å². The molecule has 17 heavy (non-hydrogen) atoms. The molecule has 0 aliphatic heterocycles. The molecule has 1 aromatic rings. The molecule has 2 N–H and O–H groups in total. The second-order valence-corrected chi connectivity index (χ2v) is 4.56. The normalized spacial score (nSPS) is 13.9. The highest BCUT2D eigenvalue weighted by atomic mass is 16.2. The Morgan fingerprint density at radius 1 is 1.18 bits per heavy atom. The summed E-state index contributed by atoms with van der Waals surface area (Å²) in [7, 11) is 0. The minimum absolute atomic E-state index is 0.0275. The van der Waals surface area contributed by atoms with Gasteiger partial charge in [0.1, 0.15) is 0 Å². The van der Waals surface area contributed by atoms with E-state index in [-0.39, 0.29) is 18.1 Å². The van der Waals surface area contributed by atoms with Crippen molar-refractivity contribution < 1.29 is 4.79 Å². The molecule has 1 aromatic carbocycles. The summed E-state index contributed by atoms with van der Waals surface area (Å²) < 4.78 is 0. The molecule has 0 aromatic heterocycles. The van der Waals surface area contributed by atoms with Gasteiger partial charge in [0.15, 0.2) is 0 Å². The number of carbonyl (C=O) groups excluding carboxylic acids is 1. The van der Waals surface area contributed by atoms with Crippen LogP contribution in [0.2, 0.25) is 0 Å². The van der Waals surface area contributed by atoms with Crippen LogP contribution in [0.1, 0.15) is 44.4 Å². The highest BCUT2D eigenvalue weighted by Crippen LogP contribution is 2.12. The lowest BCUT2D eigenvalue weighted by Crippen LogP contribution is -2.41. The van der Waals surface area contributed by atoms with Gasteiger partial charge < -0.3 is 10.6 Å². The molecule has 3 nitrogen and oxygen atoms in total. The number of amides is 2. The van der Waals surface area contributed by atoms with Crippen LogP contribution in [0.25, 0.3) is 0 Å². The van der Waals surface area contributed by atoms with Crippen LogP contribution >= 0.6 is 0 Å². The fourth-order valence-electron chi connectivity index (χ4n) is 1.50. The number of aryl methyl sites for hydroxylation is 1. The van der Waals surface area contributed by atoms with Gasteiger partial charge in [-0.05, 0) is 32.8 Å². The van der Waals surface area contributed by atoms with E-state index in [1.165, 1.54) is 5.56 Å². The van der Waals surface area contributed by atoms with E-state index < -0.39 is 0 Å². The van der Waals surface area contributed by atoms with Crippen molar-refractivity contribution in [2.45, 2.75) is 46.2 Å². The van der Waals surface area contributed by atoms with Gasteiger partial charge in [-0.2, -0.15) is 0 Å². The van der Waals surface area contributed by atoms with Gasteiger partial charge in [0.05, 0.1) is 6.04 Å². The van der Waals surface area contributed by atoms with Crippen molar-refractivity contribution in [1.29, 1.82) is 0 Å².